The molecule has 758 valence electrons. The van der Waals surface area contributed by atoms with E-state index in [0.717, 1.165) is 34.9 Å². The zero-order valence-corrected chi connectivity index (χ0v) is 94.1. The number of benzene rings is 10. The van der Waals surface area contributed by atoms with E-state index in [-0.39, 0.29) is 61.1 Å². The molecule has 23 rings (SSSR count). The third-order valence-electron chi connectivity index (χ3n) is 37.5. The highest BCUT2D eigenvalue weighted by Gasteiger charge is 2.64. The lowest BCUT2D eigenvalue weighted by atomic mass is 9.72. The summed E-state index contributed by atoms with van der Waals surface area (Å²) in [5.41, 5.74) is 38.9. The first-order valence-electron chi connectivity index (χ1n) is 53.1. The minimum atomic E-state index is -0.550. The van der Waals surface area contributed by atoms with Crippen LogP contribution in [0.5, 0.6) is 11.5 Å². The number of hydrogen-bond donors (Lipinski definition) is 0. The predicted octanol–water partition coefficient (Wildman–Crippen LogP) is 35.9. The average molecular weight is 1930 g/mol. The van der Waals surface area contributed by atoms with Gasteiger partial charge in [0.2, 0.25) is 0 Å². The fraction of sp³-hybridized carbons (Fsp3) is 0.433. The van der Waals surface area contributed by atoms with Crippen LogP contribution in [0.3, 0.4) is 0 Å². The molecule has 5 spiro atoms. The van der Waals surface area contributed by atoms with Crippen LogP contribution in [0.4, 0.5) is 34.1 Å². The molecule has 3 aliphatic carbocycles. The second-order valence-corrected chi connectivity index (χ2v) is 47.9. The number of anilines is 6. The Hall–Kier alpha value is -11.1. The van der Waals surface area contributed by atoms with E-state index < -0.39 is 16.8 Å². The van der Waals surface area contributed by atoms with Gasteiger partial charge in [0.15, 0.2) is 0 Å². The summed E-state index contributed by atoms with van der Waals surface area (Å²) in [6.45, 7) is 81.8. The zero-order valence-electron chi connectivity index (χ0n) is 94.1. The fourth-order valence-electron chi connectivity index (χ4n) is 24.8. The van der Waals surface area contributed by atoms with Gasteiger partial charge in [0, 0.05) is 96.0 Å². The third kappa shape index (κ3) is 17.7. The largest absolute Gasteiger partial charge is 0.457 e. The summed E-state index contributed by atoms with van der Waals surface area (Å²) >= 11 is 0. The first-order chi connectivity index (χ1) is 67.5. The number of allylic oxidation sites excluding steroid dienone is 3. The van der Waals surface area contributed by atoms with E-state index in [0.29, 0.717) is 5.41 Å². The van der Waals surface area contributed by atoms with Crippen LogP contribution in [0, 0.1) is 30.1 Å². The summed E-state index contributed by atoms with van der Waals surface area (Å²) in [4.78, 5) is 9.79. The van der Waals surface area contributed by atoms with E-state index in [1.807, 2.05) is 36.4 Å². The van der Waals surface area contributed by atoms with Crippen molar-refractivity contribution in [1.82, 2.24) is 0 Å². The van der Waals surface area contributed by atoms with E-state index in [1.54, 1.807) is 11.1 Å². The van der Waals surface area contributed by atoms with Gasteiger partial charge >= 0.3 is 0 Å². The lowest BCUT2D eigenvalue weighted by molar-refractivity contribution is -0.0621. The lowest BCUT2D eigenvalue weighted by Gasteiger charge is -2.45. The van der Waals surface area contributed by atoms with Gasteiger partial charge in [-0.1, -0.05) is 248 Å². The molecule has 10 nitrogen and oxygen atoms in total. The van der Waals surface area contributed by atoms with Crippen LogP contribution in [-0.4, -0.2) is 56.8 Å². The maximum absolute atomic E-state index is 6.94. The average Bonchev–Trinajstić information content (AvgIpc) is 1.51. The van der Waals surface area contributed by atoms with Gasteiger partial charge < -0.3 is 48.0 Å². The van der Waals surface area contributed by atoms with E-state index >= 15 is 0 Å². The van der Waals surface area contributed by atoms with Crippen molar-refractivity contribution in [2.45, 2.75) is 355 Å². The molecule has 3 saturated carbocycles. The maximum Gasteiger partial charge on any atom is 0.148 e. The summed E-state index contributed by atoms with van der Waals surface area (Å²) < 4.78 is 38.5. The van der Waals surface area contributed by atoms with Gasteiger partial charge in [-0.15, -0.1) is 0 Å². The van der Waals surface area contributed by atoms with Crippen molar-refractivity contribution in [2.24, 2.45) is 16.2 Å². The van der Waals surface area contributed by atoms with Crippen molar-refractivity contribution in [3.8, 4) is 11.5 Å². The second-order valence-electron chi connectivity index (χ2n) is 47.9. The van der Waals surface area contributed by atoms with Gasteiger partial charge in [-0.3, -0.25) is 0 Å². The quantitative estimate of drug-likeness (QED) is 0.150. The number of aryl methyl sites for hydroxylation is 2. The molecule has 0 aromatic heterocycles. The minimum Gasteiger partial charge on any atom is -0.457 e. The van der Waals surface area contributed by atoms with E-state index in [4.69, 9.17) is 28.4 Å². The van der Waals surface area contributed by atoms with E-state index in [9.17, 15) is 0 Å². The van der Waals surface area contributed by atoms with Gasteiger partial charge in [-0.05, 0) is 402 Å². The van der Waals surface area contributed by atoms with Gasteiger partial charge in [-0.25, -0.2) is 0 Å². The summed E-state index contributed by atoms with van der Waals surface area (Å²) in [5, 5.41) is 0. The Labute approximate surface area is 866 Å². The van der Waals surface area contributed by atoms with E-state index in [2.05, 4.69) is 499 Å². The number of fused-ring (bicyclic) bond motifs is 8. The van der Waals surface area contributed by atoms with Crippen molar-refractivity contribution >= 4 is 34.1 Å². The second kappa shape index (κ2) is 38.0. The Morgan fingerprint density at radius 1 is 0.229 bits per heavy atom. The number of hydrogen-bond acceptors (Lipinski definition) is 10. The molecule has 0 N–H and O–H groups in total. The van der Waals surface area contributed by atoms with Crippen LogP contribution in [0.2, 0.25) is 0 Å². The molecule has 144 heavy (non-hydrogen) atoms. The predicted molar refractivity (Wildman–Crippen MR) is 605 cm³/mol. The monoisotopic (exact) mass is 1930 g/mol. The Bertz CT molecular complexity index is 6560. The standard InChI is InChI=1S/C26H25NO.C20H20O2.C20H22O.C18H27N.C16H23N.C14H19N.C10H14O.C10H16O/c1-18-19(2)26(28-25(18,3)4)21-14-8-10-16-23(21)27(20-12-6-5-7-13-20)24-17-11-9-15-22(24)26;1-13-14(2)20(22-19(13,3)4)15-9-5-7-11-17(15)21-18-12-8-6-10-16(18)20;1-15-16(2)20(21-19(15,3)4,17-11-7-5-8-12-17)18-13-9-6-10-14-18;1-12-10-9-11-13(2)16(12)19-15(4)14(3)17(5,6)18(19,7)8;1-12-13(2)17(14-10-8-7-9-11-14)16(5,6)15(12,3)4;1-11-12(2)15(10-14(11,3)4)13-8-6-5-7-9-13;1-7-8(2)10(5-6-10)11-9(7)3-4-9;1-7-8(2)10(5-6-10)11-9(7,3)4/h5-17H,1-4H3;5-12H,1-4H3;5-14H,1-4H3;9-11H,1-8H3;7-11H,1-6H3;5-9H,10H2,1-4H3;3-6H2,1-2H3;5-6H2,1-4H3. The van der Waals surface area contributed by atoms with Crippen LogP contribution in [-0.2, 0) is 40.5 Å². The van der Waals surface area contributed by atoms with Crippen molar-refractivity contribution < 1.29 is 28.4 Å². The highest BCUT2D eigenvalue weighted by Crippen LogP contribution is 2.67. The molecule has 0 unspecified atom stereocenters. The Morgan fingerprint density at radius 3 is 0.847 bits per heavy atom. The van der Waals surface area contributed by atoms with Crippen LogP contribution < -0.4 is 24.3 Å². The number of ether oxygens (including phenoxy) is 6. The van der Waals surface area contributed by atoms with Gasteiger partial charge in [0.05, 0.1) is 50.6 Å². The molecular weight excluding hydrogens is 1760 g/mol. The van der Waals surface area contributed by atoms with Crippen molar-refractivity contribution in [1.29, 1.82) is 0 Å². The Balaban J connectivity index is 0.000000120. The number of nitrogens with zero attached hydrogens (tertiary/aromatic N) is 4. The minimum absolute atomic E-state index is 0.000579. The van der Waals surface area contributed by atoms with Crippen molar-refractivity contribution in [3.63, 3.8) is 0 Å². The normalized spacial score (nSPS) is 22.3. The van der Waals surface area contributed by atoms with Gasteiger partial charge in [0.1, 0.15) is 28.3 Å². The van der Waals surface area contributed by atoms with E-state index in [1.165, 1.54) is 179 Å². The molecule has 0 bridgehead atoms. The topological polar surface area (TPSA) is 68.3 Å². The highest BCUT2D eigenvalue weighted by molar-refractivity contribution is 5.87. The van der Waals surface area contributed by atoms with Crippen molar-refractivity contribution in [3.05, 3.63) is 401 Å². The number of rotatable bonds is 6. The summed E-state index contributed by atoms with van der Waals surface area (Å²) in [5.74, 6) is 1.76. The van der Waals surface area contributed by atoms with Gasteiger partial charge in [-0.2, -0.15) is 0 Å². The molecule has 10 heteroatoms. The molecule has 13 aliphatic rings. The van der Waals surface area contributed by atoms with Crippen LogP contribution in [0.25, 0.3) is 0 Å². The fourth-order valence-corrected chi connectivity index (χ4v) is 24.8. The SMILES string of the molecule is CC1=C(C)C(C)(C)C(C)(C)N1c1c(C)cccc1C.CC1=C(C)C(C)(C)C(C)(C)N1c1ccccc1.CC1=C(C)C(C)(C)CN1c1ccccc1.CC1=C(C)C(c2ccccc2)(c2ccccc2)OC1(C)C.CC1=C(C)C2(CC2)OC1(C)C.CC1=C(C)C2(CC2)OC12CC2.CC1=C(C)C2(OC1(C)C)c1ccccc1N(c1ccccc1)c1ccccc12.CC1=C(C)C2(OC1(C)C)c1ccccc1Oc1ccccc12. The summed E-state index contributed by atoms with van der Waals surface area (Å²) in [6.07, 6.45) is 7.57. The van der Waals surface area contributed by atoms with Gasteiger partial charge in [0.25, 0.3) is 0 Å². The lowest BCUT2D eigenvalue weighted by Crippen LogP contribution is -2.48. The molecule has 0 radical (unpaired) electrons. The Morgan fingerprint density at radius 2 is 0.528 bits per heavy atom. The van der Waals surface area contributed by atoms with Crippen LogP contribution in [0.15, 0.2) is 356 Å². The van der Waals surface area contributed by atoms with Crippen LogP contribution >= 0.6 is 0 Å². The smallest absolute Gasteiger partial charge is 0.148 e. The summed E-state index contributed by atoms with van der Waals surface area (Å²) in [6, 6.07) is 93.2. The molecular formula is C134H166N4O6. The molecule has 0 amide bonds. The summed E-state index contributed by atoms with van der Waals surface area (Å²) in [7, 11) is 0. The van der Waals surface area contributed by atoms with Crippen LogP contribution in [0.1, 0.15) is 318 Å². The molecule has 10 aromatic rings. The highest BCUT2D eigenvalue weighted by atomic mass is 16.6. The first kappa shape index (κ1) is 106. The Kier molecular flexibility index (Phi) is 27.9. The molecule has 3 fully saturated rings. The first-order valence-corrected chi connectivity index (χ1v) is 53.1. The molecule has 10 heterocycles. The molecule has 0 saturated heterocycles. The third-order valence-corrected chi connectivity index (χ3v) is 37.5. The maximum atomic E-state index is 6.94. The molecule has 10 aromatic carbocycles. The zero-order chi connectivity index (χ0) is 105. The van der Waals surface area contributed by atoms with Crippen molar-refractivity contribution in [2.75, 3.05) is 26.1 Å². The number of para-hydroxylation sites is 8. The molecule has 0 atom stereocenters. The molecule has 10 aliphatic heterocycles.